The molecule has 0 spiro atoms. The second kappa shape index (κ2) is 11.6. The molecule has 7 heteroatoms. The van der Waals surface area contributed by atoms with Gasteiger partial charge in [0.25, 0.3) is 5.91 Å². The van der Waals surface area contributed by atoms with Crippen molar-refractivity contribution in [1.29, 1.82) is 0 Å². The van der Waals surface area contributed by atoms with Crippen LogP contribution in [0.4, 0.5) is 11.4 Å². The third-order valence-corrected chi connectivity index (χ3v) is 5.54. The van der Waals surface area contributed by atoms with Crippen molar-refractivity contribution < 1.29 is 14.3 Å². The molecule has 0 saturated heterocycles. The number of carbonyl (C=O) groups excluding carboxylic acids is 2. The first kappa shape index (κ1) is 22.9. The topological polar surface area (TPSA) is 79.5 Å². The molecule has 166 valence electrons. The summed E-state index contributed by atoms with van der Waals surface area (Å²) in [6, 6.07) is 12.6. The molecule has 2 aromatic carbocycles. The number of hydrogen-bond donors (Lipinski definition) is 3. The normalized spacial score (nSPS) is 14.0. The van der Waals surface area contributed by atoms with Gasteiger partial charge < -0.3 is 20.7 Å². The summed E-state index contributed by atoms with van der Waals surface area (Å²) in [5, 5.41) is 9.32. The lowest BCUT2D eigenvalue weighted by Gasteiger charge is -2.23. The molecule has 0 aromatic heterocycles. The van der Waals surface area contributed by atoms with Crippen molar-refractivity contribution in [3.8, 4) is 5.75 Å². The zero-order chi connectivity index (χ0) is 22.1. The van der Waals surface area contributed by atoms with Crippen LogP contribution in [0.25, 0.3) is 0 Å². The van der Waals surface area contributed by atoms with E-state index in [1.54, 1.807) is 18.2 Å². The summed E-state index contributed by atoms with van der Waals surface area (Å²) >= 11 is 6.23. The summed E-state index contributed by atoms with van der Waals surface area (Å²) < 4.78 is 5.55. The number of nitrogens with one attached hydrogen (secondary N) is 3. The van der Waals surface area contributed by atoms with E-state index in [9.17, 15) is 9.59 Å². The SMILES string of the molecule is CCCOc1ccc(NCC(=O)Nc2ccc(Cl)c(C(=O)NC3CCCCC3)c2)cc1. The molecule has 3 N–H and O–H groups in total. The first-order valence-electron chi connectivity index (χ1n) is 10.9. The Morgan fingerprint density at radius 2 is 1.74 bits per heavy atom. The summed E-state index contributed by atoms with van der Waals surface area (Å²) in [6.07, 6.45) is 6.44. The molecule has 31 heavy (non-hydrogen) atoms. The number of rotatable bonds is 9. The molecule has 0 unspecified atom stereocenters. The average Bonchev–Trinajstić information content (AvgIpc) is 2.79. The molecule has 3 rings (SSSR count). The Labute approximate surface area is 188 Å². The summed E-state index contributed by atoms with van der Waals surface area (Å²) in [4.78, 5) is 25.0. The van der Waals surface area contributed by atoms with Crippen molar-refractivity contribution in [2.45, 2.75) is 51.5 Å². The number of hydrogen-bond acceptors (Lipinski definition) is 4. The third kappa shape index (κ3) is 7.17. The van der Waals surface area contributed by atoms with Gasteiger partial charge >= 0.3 is 0 Å². The highest BCUT2D eigenvalue weighted by molar-refractivity contribution is 6.34. The van der Waals surface area contributed by atoms with Crippen LogP contribution in [0.2, 0.25) is 5.02 Å². The molecule has 2 aromatic rings. The van der Waals surface area contributed by atoms with Crippen molar-refractivity contribution in [2.24, 2.45) is 0 Å². The predicted molar refractivity (Wildman–Crippen MR) is 125 cm³/mol. The van der Waals surface area contributed by atoms with E-state index in [-0.39, 0.29) is 24.4 Å². The Bertz CT molecular complexity index is 880. The molecular weight excluding hydrogens is 414 g/mol. The first-order valence-corrected chi connectivity index (χ1v) is 11.3. The minimum Gasteiger partial charge on any atom is -0.494 e. The number of carbonyl (C=O) groups is 2. The number of amides is 2. The molecule has 6 nitrogen and oxygen atoms in total. The standard InChI is InChI=1S/C24H30ClN3O3/c1-2-14-31-20-11-8-17(9-12-20)26-16-23(29)27-19-10-13-22(25)21(15-19)24(30)28-18-6-4-3-5-7-18/h8-13,15,18,26H,2-7,14,16H2,1H3,(H,27,29)(H,28,30). The van der Waals surface area contributed by atoms with Gasteiger partial charge in [-0.05, 0) is 61.7 Å². The van der Waals surface area contributed by atoms with E-state index >= 15 is 0 Å². The van der Waals surface area contributed by atoms with Gasteiger partial charge in [0.1, 0.15) is 5.75 Å². The van der Waals surface area contributed by atoms with Crippen molar-refractivity contribution in [3.63, 3.8) is 0 Å². The van der Waals surface area contributed by atoms with Crippen LogP contribution < -0.4 is 20.7 Å². The minimum absolute atomic E-state index is 0.0986. The van der Waals surface area contributed by atoms with Crippen molar-refractivity contribution in [1.82, 2.24) is 5.32 Å². The van der Waals surface area contributed by atoms with Crippen LogP contribution in [0.3, 0.4) is 0 Å². The fourth-order valence-corrected chi connectivity index (χ4v) is 3.77. The Balaban J connectivity index is 1.52. The van der Waals surface area contributed by atoms with E-state index in [1.807, 2.05) is 24.3 Å². The van der Waals surface area contributed by atoms with Gasteiger partial charge in [-0.25, -0.2) is 0 Å². The highest BCUT2D eigenvalue weighted by Crippen LogP contribution is 2.23. The maximum absolute atomic E-state index is 12.6. The van der Waals surface area contributed by atoms with Crippen LogP contribution in [-0.2, 0) is 4.79 Å². The van der Waals surface area contributed by atoms with E-state index in [0.717, 1.165) is 43.5 Å². The molecule has 1 saturated carbocycles. The van der Waals surface area contributed by atoms with E-state index in [4.69, 9.17) is 16.3 Å². The van der Waals surface area contributed by atoms with Gasteiger partial charge in [-0.2, -0.15) is 0 Å². The fourth-order valence-electron chi connectivity index (χ4n) is 3.56. The maximum Gasteiger partial charge on any atom is 0.253 e. The Morgan fingerprint density at radius 3 is 2.45 bits per heavy atom. The molecule has 2 amide bonds. The van der Waals surface area contributed by atoms with Gasteiger partial charge in [0.05, 0.1) is 23.7 Å². The average molecular weight is 444 g/mol. The van der Waals surface area contributed by atoms with Gasteiger partial charge in [0.15, 0.2) is 0 Å². The van der Waals surface area contributed by atoms with Crippen molar-refractivity contribution in [3.05, 3.63) is 53.1 Å². The van der Waals surface area contributed by atoms with E-state index in [1.165, 1.54) is 6.42 Å². The number of halogens is 1. The molecule has 1 aliphatic carbocycles. The lowest BCUT2D eigenvalue weighted by atomic mass is 9.95. The predicted octanol–water partition coefficient (Wildman–Crippen LogP) is 5.24. The largest absolute Gasteiger partial charge is 0.494 e. The summed E-state index contributed by atoms with van der Waals surface area (Å²) in [6.45, 7) is 2.83. The molecule has 1 fully saturated rings. The quantitative estimate of drug-likeness (QED) is 0.495. The molecule has 0 bridgehead atoms. The summed E-state index contributed by atoms with van der Waals surface area (Å²) in [5.41, 5.74) is 1.73. The fraction of sp³-hybridized carbons (Fsp3) is 0.417. The van der Waals surface area contributed by atoms with Gasteiger partial charge in [-0.15, -0.1) is 0 Å². The maximum atomic E-state index is 12.6. The molecule has 0 atom stereocenters. The molecule has 0 heterocycles. The second-order valence-corrected chi connectivity index (χ2v) is 8.18. The Kier molecular flexibility index (Phi) is 8.59. The van der Waals surface area contributed by atoms with Gasteiger partial charge in [0, 0.05) is 17.4 Å². The summed E-state index contributed by atoms with van der Waals surface area (Å²) in [7, 11) is 0. The van der Waals surface area contributed by atoms with Crippen LogP contribution in [0, 0.1) is 0 Å². The van der Waals surface area contributed by atoms with Crippen molar-refractivity contribution in [2.75, 3.05) is 23.8 Å². The molecule has 1 aliphatic rings. The van der Waals surface area contributed by atoms with Crippen LogP contribution in [0.1, 0.15) is 55.8 Å². The third-order valence-electron chi connectivity index (χ3n) is 5.22. The lowest BCUT2D eigenvalue weighted by Crippen LogP contribution is -2.36. The number of benzene rings is 2. The van der Waals surface area contributed by atoms with Gasteiger partial charge in [-0.3, -0.25) is 9.59 Å². The smallest absolute Gasteiger partial charge is 0.253 e. The van der Waals surface area contributed by atoms with E-state index < -0.39 is 0 Å². The zero-order valence-electron chi connectivity index (χ0n) is 17.9. The number of ether oxygens (including phenoxy) is 1. The second-order valence-electron chi connectivity index (χ2n) is 7.78. The van der Waals surface area contributed by atoms with Gasteiger partial charge in [-0.1, -0.05) is 37.8 Å². The zero-order valence-corrected chi connectivity index (χ0v) is 18.6. The van der Waals surface area contributed by atoms with Crippen LogP contribution >= 0.6 is 11.6 Å². The molecule has 0 aliphatic heterocycles. The highest BCUT2D eigenvalue weighted by Gasteiger charge is 2.19. The van der Waals surface area contributed by atoms with Crippen molar-refractivity contribution >= 4 is 34.8 Å². The van der Waals surface area contributed by atoms with Crippen LogP contribution in [0.15, 0.2) is 42.5 Å². The molecular formula is C24H30ClN3O3. The Hall–Kier alpha value is -2.73. The summed E-state index contributed by atoms with van der Waals surface area (Å²) in [5.74, 6) is 0.390. The highest BCUT2D eigenvalue weighted by atomic mass is 35.5. The van der Waals surface area contributed by atoms with E-state index in [0.29, 0.717) is 22.9 Å². The minimum atomic E-state index is -0.215. The van der Waals surface area contributed by atoms with E-state index in [2.05, 4.69) is 22.9 Å². The Morgan fingerprint density at radius 1 is 1.03 bits per heavy atom. The van der Waals surface area contributed by atoms with Crippen LogP contribution in [-0.4, -0.2) is 31.0 Å². The van der Waals surface area contributed by atoms with Crippen LogP contribution in [0.5, 0.6) is 5.75 Å². The van der Waals surface area contributed by atoms with Gasteiger partial charge in [0.2, 0.25) is 5.91 Å². The molecule has 0 radical (unpaired) electrons. The first-order chi connectivity index (χ1) is 15.0. The number of anilines is 2. The monoisotopic (exact) mass is 443 g/mol. The lowest BCUT2D eigenvalue weighted by molar-refractivity contribution is -0.114.